The van der Waals surface area contributed by atoms with Crippen LogP contribution in [-0.4, -0.2) is 36.1 Å². The molecule has 0 spiro atoms. The molecule has 0 saturated carbocycles. The van der Waals surface area contributed by atoms with E-state index in [1.54, 1.807) is 65.3 Å². The number of fused-ring (bicyclic) bond motifs is 1. The molecule has 1 aliphatic rings. The zero-order valence-electron chi connectivity index (χ0n) is 17.0. The van der Waals surface area contributed by atoms with Gasteiger partial charge in [-0.05, 0) is 35.9 Å². The summed E-state index contributed by atoms with van der Waals surface area (Å²) in [5.74, 6) is -1.35. The zero-order valence-corrected chi connectivity index (χ0v) is 18.6. The summed E-state index contributed by atoms with van der Waals surface area (Å²) in [6, 6.07) is 11.7. The number of ketones is 1. The maximum absolute atomic E-state index is 12.6. The summed E-state index contributed by atoms with van der Waals surface area (Å²) in [6.07, 6.45) is 6.32. The molecule has 1 aromatic heterocycles. The van der Waals surface area contributed by atoms with Crippen molar-refractivity contribution in [3.8, 4) is 0 Å². The topological polar surface area (TPSA) is 105 Å². The molecule has 2 aromatic carbocycles. The van der Waals surface area contributed by atoms with E-state index in [2.05, 4.69) is 4.72 Å². The lowest BCUT2D eigenvalue weighted by atomic mass is 9.93. The molecule has 0 fully saturated rings. The number of rotatable bonds is 6. The van der Waals surface area contributed by atoms with E-state index in [9.17, 15) is 23.1 Å². The summed E-state index contributed by atoms with van der Waals surface area (Å²) in [7, 11) is -3.46. The number of benzene rings is 2. The molecule has 0 amide bonds. The number of sulfonamides is 1. The smallest absolute Gasteiger partial charge is 0.353 e. The van der Waals surface area contributed by atoms with Crippen molar-refractivity contribution in [3.05, 3.63) is 82.5 Å². The van der Waals surface area contributed by atoms with Crippen molar-refractivity contribution in [2.24, 2.45) is 0 Å². The maximum atomic E-state index is 12.6. The number of allylic oxidation sites excluding steroid dienone is 4. The van der Waals surface area contributed by atoms with Gasteiger partial charge in [-0.2, -0.15) is 0 Å². The fourth-order valence-electron chi connectivity index (χ4n) is 3.88. The van der Waals surface area contributed by atoms with Gasteiger partial charge in [-0.25, -0.2) is 13.2 Å². The molecule has 1 aliphatic carbocycles. The highest BCUT2D eigenvalue weighted by Gasteiger charge is 2.28. The molecule has 0 bridgehead atoms. The van der Waals surface area contributed by atoms with Crippen molar-refractivity contribution in [3.63, 3.8) is 0 Å². The monoisotopic (exact) mass is 470 g/mol. The maximum Gasteiger partial charge on any atom is 0.353 e. The molecular formula is C23H19ClN2O5S. The number of Topliss-reactive ketones (excluding diaryl/α,β-unsaturated/α-hetero) is 1. The number of hydrogen-bond acceptors (Lipinski definition) is 4. The summed E-state index contributed by atoms with van der Waals surface area (Å²) in [5.41, 5.74) is 2.28. The van der Waals surface area contributed by atoms with Gasteiger partial charge in [-0.15, -0.1) is 0 Å². The van der Waals surface area contributed by atoms with Gasteiger partial charge in [0.1, 0.15) is 5.69 Å². The summed E-state index contributed by atoms with van der Waals surface area (Å²) in [5, 5.41) is 11.1. The number of carboxylic acids is 1. The Morgan fingerprint density at radius 3 is 2.69 bits per heavy atom. The van der Waals surface area contributed by atoms with E-state index < -0.39 is 16.0 Å². The Kier molecular flexibility index (Phi) is 5.66. The second-order valence-corrected chi connectivity index (χ2v) is 9.67. The Labute approximate surface area is 189 Å². The SMILES string of the molecule is CS(=O)(=O)Nc1cccc(Cn2c(C(=O)O)c(C3=CC=CCC3=O)c3cc(Cl)ccc32)c1. The average molecular weight is 471 g/mol. The molecule has 0 unspecified atom stereocenters. The largest absolute Gasteiger partial charge is 0.477 e. The van der Waals surface area contributed by atoms with E-state index >= 15 is 0 Å². The first kappa shape index (κ1) is 21.9. The van der Waals surface area contributed by atoms with Crippen LogP contribution in [0, 0.1) is 0 Å². The fraction of sp³-hybridized carbons (Fsp3) is 0.130. The van der Waals surface area contributed by atoms with Crippen LogP contribution in [0.2, 0.25) is 5.02 Å². The number of carboxylic acid groups (broad SMARTS) is 1. The van der Waals surface area contributed by atoms with E-state index in [1.165, 1.54) is 0 Å². The number of hydrogen-bond donors (Lipinski definition) is 2. The van der Waals surface area contributed by atoms with Crippen LogP contribution < -0.4 is 4.72 Å². The molecule has 1 heterocycles. The van der Waals surface area contributed by atoms with Crippen molar-refractivity contribution in [1.82, 2.24) is 4.57 Å². The van der Waals surface area contributed by atoms with Crippen molar-refractivity contribution < 1.29 is 23.1 Å². The molecule has 2 N–H and O–H groups in total. The van der Waals surface area contributed by atoms with Crippen molar-refractivity contribution in [1.29, 1.82) is 0 Å². The quantitative estimate of drug-likeness (QED) is 0.558. The third-order valence-electron chi connectivity index (χ3n) is 5.07. The lowest BCUT2D eigenvalue weighted by Crippen LogP contribution is -2.14. The first-order valence-electron chi connectivity index (χ1n) is 9.66. The molecule has 0 radical (unpaired) electrons. The second kappa shape index (κ2) is 8.29. The number of halogens is 1. The van der Waals surface area contributed by atoms with Crippen molar-refractivity contribution in [2.75, 3.05) is 11.0 Å². The average Bonchev–Trinajstić information content (AvgIpc) is 3.00. The Morgan fingerprint density at radius 1 is 1.22 bits per heavy atom. The lowest BCUT2D eigenvalue weighted by molar-refractivity contribution is -0.113. The van der Waals surface area contributed by atoms with Gasteiger partial charge in [0.25, 0.3) is 0 Å². The van der Waals surface area contributed by atoms with Gasteiger partial charge in [0.05, 0.1) is 6.26 Å². The van der Waals surface area contributed by atoms with E-state index in [4.69, 9.17) is 11.6 Å². The normalized spacial score (nSPS) is 13.9. The minimum atomic E-state index is -3.46. The molecule has 164 valence electrons. The van der Waals surface area contributed by atoms with Crippen molar-refractivity contribution in [2.45, 2.75) is 13.0 Å². The van der Waals surface area contributed by atoms with Crippen LogP contribution in [0.1, 0.15) is 28.0 Å². The van der Waals surface area contributed by atoms with Gasteiger partial charge in [0.2, 0.25) is 10.0 Å². The fourth-order valence-corrected chi connectivity index (χ4v) is 4.61. The Balaban J connectivity index is 1.93. The van der Waals surface area contributed by atoms with Gasteiger partial charge in [0, 0.05) is 45.7 Å². The van der Waals surface area contributed by atoms with E-state index in [0.29, 0.717) is 38.3 Å². The molecule has 0 aliphatic heterocycles. The third-order valence-corrected chi connectivity index (χ3v) is 5.91. The predicted molar refractivity (Wildman–Crippen MR) is 125 cm³/mol. The van der Waals surface area contributed by atoms with Crippen LogP contribution >= 0.6 is 11.6 Å². The van der Waals surface area contributed by atoms with Gasteiger partial charge in [-0.3, -0.25) is 9.52 Å². The van der Waals surface area contributed by atoms with Crippen LogP contribution in [0.25, 0.3) is 16.5 Å². The number of aromatic carboxylic acids is 1. The van der Waals surface area contributed by atoms with Gasteiger partial charge >= 0.3 is 5.97 Å². The van der Waals surface area contributed by atoms with Crippen molar-refractivity contribution >= 4 is 55.5 Å². The van der Waals surface area contributed by atoms with E-state index in [1.807, 2.05) is 0 Å². The van der Waals surface area contributed by atoms with Crippen LogP contribution in [0.15, 0.2) is 60.7 Å². The van der Waals surface area contributed by atoms with Crippen LogP contribution in [-0.2, 0) is 21.4 Å². The minimum Gasteiger partial charge on any atom is -0.477 e. The molecule has 32 heavy (non-hydrogen) atoms. The standard InChI is InChI=1S/C23H19ClN2O5S/c1-32(30,31)25-16-6-4-5-14(11-16)13-26-19-10-9-15(24)12-18(19)21(22(26)23(28)29)17-7-2-3-8-20(17)27/h2-7,9-12,25H,8,13H2,1H3,(H,28,29). The number of aromatic nitrogens is 1. The summed E-state index contributed by atoms with van der Waals surface area (Å²) < 4.78 is 27.2. The Bertz CT molecular complexity index is 1430. The summed E-state index contributed by atoms with van der Waals surface area (Å²) in [4.78, 5) is 25.0. The first-order chi connectivity index (χ1) is 15.1. The molecule has 0 saturated heterocycles. The van der Waals surface area contributed by atoms with Gasteiger partial charge < -0.3 is 9.67 Å². The summed E-state index contributed by atoms with van der Waals surface area (Å²) in [6.45, 7) is 0.149. The predicted octanol–water partition coefficient (Wildman–Crippen LogP) is 4.33. The number of anilines is 1. The van der Waals surface area contributed by atoms with Gasteiger partial charge in [-0.1, -0.05) is 42.0 Å². The number of nitrogens with one attached hydrogen (secondary N) is 1. The molecule has 4 rings (SSSR count). The zero-order chi connectivity index (χ0) is 23.0. The second-order valence-electron chi connectivity index (χ2n) is 7.49. The Morgan fingerprint density at radius 2 is 2.00 bits per heavy atom. The van der Waals surface area contributed by atoms with Crippen LogP contribution in [0.5, 0.6) is 0 Å². The number of carbonyl (C=O) groups is 2. The highest BCUT2D eigenvalue weighted by atomic mass is 35.5. The minimum absolute atomic E-state index is 0.0290. The third kappa shape index (κ3) is 4.32. The Hall–Kier alpha value is -3.36. The lowest BCUT2D eigenvalue weighted by Gasteiger charge is -2.12. The first-order valence-corrected chi connectivity index (χ1v) is 11.9. The molecule has 3 aromatic rings. The summed E-state index contributed by atoms with van der Waals surface area (Å²) >= 11 is 6.21. The molecule has 0 atom stereocenters. The highest BCUT2D eigenvalue weighted by Crippen LogP contribution is 2.36. The van der Waals surface area contributed by atoms with Gasteiger partial charge in [0.15, 0.2) is 5.78 Å². The molecular weight excluding hydrogens is 452 g/mol. The van der Waals surface area contributed by atoms with Crippen LogP contribution in [0.4, 0.5) is 5.69 Å². The highest BCUT2D eigenvalue weighted by molar-refractivity contribution is 7.92. The molecule has 7 nitrogen and oxygen atoms in total. The van der Waals surface area contributed by atoms with Crippen LogP contribution in [0.3, 0.4) is 0 Å². The van der Waals surface area contributed by atoms with E-state index in [0.717, 1.165) is 6.26 Å². The number of nitrogens with zero attached hydrogens (tertiary/aromatic N) is 1. The van der Waals surface area contributed by atoms with E-state index in [-0.39, 0.29) is 24.4 Å². The number of carbonyl (C=O) groups excluding carboxylic acids is 1. The molecule has 9 heteroatoms.